The summed E-state index contributed by atoms with van der Waals surface area (Å²) in [6, 6.07) is 8.18. The number of amides is 1. The van der Waals surface area contributed by atoms with Crippen LogP contribution in [0.1, 0.15) is 25.8 Å². The highest BCUT2D eigenvalue weighted by atomic mass is 32.1. The van der Waals surface area contributed by atoms with E-state index in [0.29, 0.717) is 18.4 Å². The SMILES string of the molecule is Cc1ccccc1NC(=S)N1CCN(CC(=O)N2C[C@H](C)C[C@@H](C)C2)CC1. The molecule has 2 aliphatic rings. The number of piperazine rings is 1. The lowest BCUT2D eigenvalue weighted by Crippen LogP contribution is -2.53. The molecule has 0 radical (unpaired) electrons. The summed E-state index contributed by atoms with van der Waals surface area (Å²) < 4.78 is 0. The van der Waals surface area contributed by atoms with Gasteiger partial charge < -0.3 is 15.1 Å². The van der Waals surface area contributed by atoms with Gasteiger partial charge in [0.05, 0.1) is 6.54 Å². The number of likely N-dealkylation sites (tertiary alicyclic amines) is 1. The summed E-state index contributed by atoms with van der Waals surface area (Å²) in [5.74, 6) is 1.50. The van der Waals surface area contributed by atoms with Gasteiger partial charge in [-0.2, -0.15) is 0 Å². The molecule has 3 rings (SSSR count). The Morgan fingerprint density at radius 2 is 1.70 bits per heavy atom. The van der Waals surface area contributed by atoms with Crippen LogP contribution in [0.15, 0.2) is 24.3 Å². The maximum Gasteiger partial charge on any atom is 0.236 e. The number of rotatable bonds is 3. The predicted octanol–water partition coefficient (Wildman–Crippen LogP) is 2.81. The highest BCUT2D eigenvalue weighted by Crippen LogP contribution is 2.21. The summed E-state index contributed by atoms with van der Waals surface area (Å²) in [6.45, 7) is 12.4. The number of aryl methyl sites for hydroxylation is 1. The summed E-state index contributed by atoms with van der Waals surface area (Å²) in [5.41, 5.74) is 2.25. The van der Waals surface area contributed by atoms with Crippen LogP contribution in [0.5, 0.6) is 0 Å². The van der Waals surface area contributed by atoms with Crippen molar-refractivity contribution in [3.8, 4) is 0 Å². The fourth-order valence-corrected chi connectivity index (χ4v) is 4.47. The van der Waals surface area contributed by atoms with Crippen molar-refractivity contribution in [2.45, 2.75) is 27.2 Å². The van der Waals surface area contributed by atoms with Crippen LogP contribution < -0.4 is 5.32 Å². The van der Waals surface area contributed by atoms with E-state index in [2.05, 4.69) is 52.9 Å². The minimum Gasteiger partial charge on any atom is -0.346 e. The Morgan fingerprint density at radius 3 is 2.33 bits per heavy atom. The minimum atomic E-state index is 0.280. The van der Waals surface area contributed by atoms with Crippen molar-refractivity contribution in [1.82, 2.24) is 14.7 Å². The van der Waals surface area contributed by atoms with Crippen molar-refractivity contribution in [2.24, 2.45) is 11.8 Å². The van der Waals surface area contributed by atoms with Crippen LogP contribution in [0, 0.1) is 18.8 Å². The third kappa shape index (κ3) is 5.42. The molecule has 0 unspecified atom stereocenters. The third-order valence-electron chi connectivity index (χ3n) is 5.63. The van der Waals surface area contributed by atoms with Crippen molar-refractivity contribution in [3.63, 3.8) is 0 Å². The first-order valence-corrected chi connectivity index (χ1v) is 10.4. The van der Waals surface area contributed by atoms with Gasteiger partial charge in [-0.25, -0.2) is 0 Å². The molecule has 5 nitrogen and oxygen atoms in total. The van der Waals surface area contributed by atoms with Gasteiger partial charge in [0.25, 0.3) is 0 Å². The molecule has 0 aliphatic carbocycles. The van der Waals surface area contributed by atoms with E-state index in [1.807, 2.05) is 12.1 Å². The maximum atomic E-state index is 12.7. The molecule has 6 heteroatoms. The molecule has 1 amide bonds. The zero-order chi connectivity index (χ0) is 19.4. The van der Waals surface area contributed by atoms with Crippen molar-refractivity contribution in [1.29, 1.82) is 0 Å². The van der Waals surface area contributed by atoms with Gasteiger partial charge in [0, 0.05) is 45.0 Å². The Balaban J connectivity index is 1.45. The second-order valence-electron chi connectivity index (χ2n) is 8.25. The fraction of sp³-hybridized carbons (Fsp3) is 0.619. The van der Waals surface area contributed by atoms with Gasteiger partial charge >= 0.3 is 0 Å². The molecule has 0 bridgehead atoms. The molecule has 2 atom stereocenters. The van der Waals surface area contributed by atoms with Gasteiger partial charge in [0.15, 0.2) is 5.11 Å². The predicted molar refractivity (Wildman–Crippen MR) is 115 cm³/mol. The lowest BCUT2D eigenvalue weighted by Gasteiger charge is -2.39. The van der Waals surface area contributed by atoms with Crippen molar-refractivity contribution < 1.29 is 4.79 Å². The number of thiocarbonyl (C=S) groups is 1. The van der Waals surface area contributed by atoms with Crippen LogP contribution in [-0.2, 0) is 4.79 Å². The fourth-order valence-electron chi connectivity index (χ4n) is 4.17. The molecule has 2 saturated heterocycles. The molecule has 1 aromatic carbocycles. The number of benzene rings is 1. The molecule has 27 heavy (non-hydrogen) atoms. The van der Waals surface area contributed by atoms with Crippen molar-refractivity contribution >= 4 is 28.9 Å². The lowest BCUT2D eigenvalue weighted by molar-refractivity contribution is -0.135. The number of para-hydroxylation sites is 1. The van der Waals surface area contributed by atoms with Gasteiger partial charge in [-0.15, -0.1) is 0 Å². The summed E-state index contributed by atoms with van der Waals surface area (Å²) in [7, 11) is 0. The Kier molecular flexibility index (Phi) is 6.71. The Bertz CT molecular complexity index is 662. The van der Waals surface area contributed by atoms with Crippen LogP contribution in [0.2, 0.25) is 0 Å². The third-order valence-corrected chi connectivity index (χ3v) is 5.99. The number of hydrogen-bond acceptors (Lipinski definition) is 3. The van der Waals surface area contributed by atoms with E-state index in [9.17, 15) is 4.79 Å². The molecule has 0 saturated carbocycles. The highest BCUT2D eigenvalue weighted by molar-refractivity contribution is 7.80. The van der Waals surface area contributed by atoms with Crippen molar-refractivity contribution in [2.75, 3.05) is 51.1 Å². The molecule has 2 fully saturated rings. The molecule has 148 valence electrons. The van der Waals surface area contributed by atoms with Gasteiger partial charge in [-0.05, 0) is 49.0 Å². The first-order chi connectivity index (χ1) is 12.9. The number of nitrogens with zero attached hydrogens (tertiary/aromatic N) is 3. The molecular weight excluding hydrogens is 356 g/mol. The molecule has 2 heterocycles. The number of carbonyl (C=O) groups is 1. The number of piperidine rings is 1. The van der Waals surface area contributed by atoms with Gasteiger partial charge in [0.1, 0.15) is 0 Å². The van der Waals surface area contributed by atoms with Crippen LogP contribution in [0.4, 0.5) is 5.69 Å². The van der Waals surface area contributed by atoms with E-state index < -0.39 is 0 Å². The number of anilines is 1. The Morgan fingerprint density at radius 1 is 1.07 bits per heavy atom. The summed E-state index contributed by atoms with van der Waals surface area (Å²) in [5, 5.41) is 4.13. The quantitative estimate of drug-likeness (QED) is 0.806. The lowest BCUT2D eigenvalue weighted by atomic mass is 9.92. The van der Waals surface area contributed by atoms with Crippen LogP contribution >= 0.6 is 12.2 Å². The molecule has 0 spiro atoms. The van der Waals surface area contributed by atoms with Crippen LogP contribution in [0.25, 0.3) is 0 Å². The second kappa shape index (κ2) is 9.02. The van der Waals surface area contributed by atoms with E-state index in [1.165, 1.54) is 12.0 Å². The van der Waals surface area contributed by atoms with Gasteiger partial charge in [-0.1, -0.05) is 32.0 Å². The normalized spacial score (nSPS) is 24.0. The molecule has 2 aliphatic heterocycles. The minimum absolute atomic E-state index is 0.280. The topological polar surface area (TPSA) is 38.8 Å². The zero-order valence-corrected chi connectivity index (χ0v) is 17.6. The average molecular weight is 389 g/mol. The molecule has 1 N–H and O–H groups in total. The summed E-state index contributed by atoms with van der Waals surface area (Å²) in [4.78, 5) is 19.2. The standard InChI is InChI=1S/C21H32N4OS/c1-16-12-17(2)14-25(13-16)20(26)15-23-8-10-24(11-9-23)21(27)22-19-7-5-4-6-18(19)3/h4-7,16-17H,8-15H2,1-3H3,(H,22,27)/t16-,17-/m1/s1. The number of carbonyl (C=O) groups excluding carboxylic acids is 1. The summed E-state index contributed by atoms with van der Waals surface area (Å²) >= 11 is 5.59. The zero-order valence-electron chi connectivity index (χ0n) is 16.8. The molecular formula is C21H32N4OS. The van der Waals surface area contributed by atoms with Gasteiger partial charge in [0.2, 0.25) is 5.91 Å². The molecule has 1 aromatic rings. The second-order valence-corrected chi connectivity index (χ2v) is 8.64. The largest absolute Gasteiger partial charge is 0.346 e. The van der Waals surface area contributed by atoms with Crippen LogP contribution in [-0.4, -0.2) is 71.5 Å². The molecule has 0 aromatic heterocycles. The first-order valence-electron chi connectivity index (χ1n) is 10.0. The van der Waals surface area contributed by atoms with E-state index >= 15 is 0 Å². The average Bonchev–Trinajstić information content (AvgIpc) is 2.63. The van der Waals surface area contributed by atoms with Crippen molar-refractivity contribution in [3.05, 3.63) is 29.8 Å². The maximum absolute atomic E-state index is 12.7. The van der Waals surface area contributed by atoms with E-state index in [4.69, 9.17) is 12.2 Å². The monoisotopic (exact) mass is 388 g/mol. The van der Waals surface area contributed by atoms with Crippen LogP contribution in [0.3, 0.4) is 0 Å². The Labute approximate surface area is 168 Å². The van der Waals surface area contributed by atoms with E-state index in [0.717, 1.165) is 50.1 Å². The van der Waals surface area contributed by atoms with Gasteiger partial charge in [-0.3, -0.25) is 9.69 Å². The summed E-state index contributed by atoms with van der Waals surface area (Å²) in [6.07, 6.45) is 1.23. The Hall–Kier alpha value is -1.66. The number of nitrogens with one attached hydrogen (secondary N) is 1. The smallest absolute Gasteiger partial charge is 0.236 e. The number of hydrogen-bond donors (Lipinski definition) is 1. The van der Waals surface area contributed by atoms with E-state index in [1.54, 1.807) is 0 Å². The van der Waals surface area contributed by atoms with E-state index in [-0.39, 0.29) is 5.91 Å². The first kappa shape index (κ1) is 20.1. The highest BCUT2D eigenvalue weighted by Gasteiger charge is 2.27.